The van der Waals surface area contributed by atoms with Gasteiger partial charge in [-0.05, 0) is 40.7 Å². The van der Waals surface area contributed by atoms with Crippen LogP contribution in [0, 0.1) is 40.4 Å². The molecule has 3 unspecified atom stereocenters. The van der Waals surface area contributed by atoms with Crippen molar-refractivity contribution >= 4 is 23.5 Å². The summed E-state index contributed by atoms with van der Waals surface area (Å²) in [4.78, 5) is 38.7. The minimum Gasteiger partial charge on any atom is -0.307 e. The van der Waals surface area contributed by atoms with Crippen LogP contribution < -0.4 is 10.7 Å². The topological polar surface area (TPSA) is 78.5 Å². The number of hydrazine groups is 1. The molecule has 27 heavy (non-hydrogen) atoms. The van der Waals surface area contributed by atoms with Crippen molar-refractivity contribution in [1.29, 1.82) is 0 Å². The third kappa shape index (κ3) is 2.04. The molecule has 1 saturated heterocycles. The first-order valence-corrected chi connectivity index (χ1v) is 9.65. The second kappa shape index (κ2) is 5.57. The minimum absolute atomic E-state index is 0.238. The van der Waals surface area contributed by atoms with Crippen molar-refractivity contribution in [1.82, 2.24) is 10.4 Å². The Morgan fingerprint density at radius 3 is 1.89 bits per heavy atom. The summed E-state index contributed by atoms with van der Waals surface area (Å²) in [5.41, 5.74) is 2.61. The number of hydrogen-bond donors (Lipinski definition) is 2. The lowest BCUT2D eigenvalue weighted by Gasteiger charge is -2.42. The van der Waals surface area contributed by atoms with Gasteiger partial charge in [-0.15, -0.1) is 0 Å². The predicted molar refractivity (Wildman–Crippen MR) is 101 cm³/mol. The average molecular weight is 369 g/mol. The molecule has 1 aromatic rings. The molecular weight excluding hydrogens is 342 g/mol. The van der Waals surface area contributed by atoms with Gasteiger partial charge in [0.15, 0.2) is 0 Å². The average Bonchev–Trinajstić information content (AvgIpc) is 3.05. The maximum absolute atomic E-state index is 13.2. The highest BCUT2D eigenvalue weighted by molar-refractivity contribution is 6.08. The Morgan fingerprint density at radius 2 is 1.41 bits per heavy atom. The smallest absolute Gasteiger partial charge is 0.307 e. The van der Waals surface area contributed by atoms with Gasteiger partial charge < -0.3 is 5.32 Å². The number of nitrogens with zero attached hydrogens (tertiary/aromatic N) is 1. The highest BCUT2D eigenvalue weighted by Gasteiger charge is 2.78. The van der Waals surface area contributed by atoms with E-state index in [0.29, 0.717) is 17.5 Å². The van der Waals surface area contributed by atoms with E-state index < -0.39 is 6.03 Å². The van der Waals surface area contributed by atoms with E-state index in [1.165, 1.54) is 0 Å². The summed E-state index contributed by atoms with van der Waals surface area (Å²) in [5, 5.41) is 3.62. The summed E-state index contributed by atoms with van der Waals surface area (Å²) >= 11 is 0. The van der Waals surface area contributed by atoms with Crippen LogP contribution in [0.2, 0.25) is 0 Å². The van der Waals surface area contributed by atoms with Crippen LogP contribution in [0.4, 0.5) is 10.5 Å². The maximum atomic E-state index is 13.2. The molecule has 3 aliphatic rings. The number of nitrogens with one attached hydrogen (secondary N) is 2. The van der Waals surface area contributed by atoms with E-state index in [2.05, 4.69) is 45.4 Å². The standard InChI is InChI=1S/C21H27N3O3/c1-11-12(2)21(5)13(3)20(11,4)15-16(21)18(26)24(17(15)25)23-19(27)22-14-9-7-6-8-10-14/h6-13,15-16H,1-5H3,(H2,22,23,27)/t11?,12?,13?,15-,16+,20-,21+. The largest absolute Gasteiger partial charge is 0.338 e. The van der Waals surface area contributed by atoms with E-state index in [1.54, 1.807) is 24.3 Å². The van der Waals surface area contributed by atoms with Crippen molar-refractivity contribution in [3.63, 3.8) is 0 Å². The number of carbonyl (C=O) groups is 3. The van der Waals surface area contributed by atoms with Crippen LogP contribution in [-0.2, 0) is 9.59 Å². The van der Waals surface area contributed by atoms with E-state index in [9.17, 15) is 14.4 Å². The number of para-hydroxylation sites is 1. The number of urea groups is 1. The first-order chi connectivity index (χ1) is 12.6. The number of rotatable bonds is 2. The molecule has 2 aliphatic carbocycles. The number of anilines is 1. The second-order valence-electron chi connectivity index (χ2n) is 8.93. The minimum atomic E-state index is -0.584. The molecule has 0 radical (unpaired) electrons. The lowest BCUT2D eigenvalue weighted by molar-refractivity contribution is -0.145. The van der Waals surface area contributed by atoms with E-state index in [0.717, 1.165) is 5.01 Å². The van der Waals surface area contributed by atoms with Crippen LogP contribution in [0.5, 0.6) is 0 Å². The molecule has 4 rings (SSSR count). The first-order valence-electron chi connectivity index (χ1n) is 9.65. The Hall–Kier alpha value is -2.37. The third-order valence-electron chi connectivity index (χ3n) is 8.47. The van der Waals surface area contributed by atoms with Crippen LogP contribution in [0.1, 0.15) is 34.6 Å². The Kier molecular flexibility index (Phi) is 3.71. The molecule has 4 amide bonds. The number of hydrogen-bond acceptors (Lipinski definition) is 3. The van der Waals surface area contributed by atoms with Gasteiger partial charge in [0.05, 0.1) is 11.8 Å². The van der Waals surface area contributed by atoms with Crippen molar-refractivity contribution in [3.8, 4) is 0 Å². The van der Waals surface area contributed by atoms with Gasteiger partial charge in [0.1, 0.15) is 0 Å². The number of amides is 4. The number of benzene rings is 1. The molecule has 0 aromatic heterocycles. The van der Waals surface area contributed by atoms with Crippen molar-refractivity contribution in [3.05, 3.63) is 30.3 Å². The lowest BCUT2D eigenvalue weighted by atomic mass is 9.59. The molecule has 1 aromatic carbocycles. The zero-order valence-electron chi connectivity index (χ0n) is 16.4. The van der Waals surface area contributed by atoms with Crippen LogP contribution in [0.15, 0.2) is 30.3 Å². The van der Waals surface area contributed by atoms with E-state index in [1.807, 2.05) is 6.07 Å². The number of imide groups is 1. The number of fused-ring (bicyclic) bond motifs is 5. The summed E-state index contributed by atoms with van der Waals surface area (Å²) < 4.78 is 0. The highest BCUT2D eigenvalue weighted by Crippen LogP contribution is 2.76. The zero-order valence-corrected chi connectivity index (χ0v) is 16.4. The Labute approximate surface area is 159 Å². The lowest BCUT2D eigenvalue weighted by Crippen LogP contribution is -2.50. The van der Waals surface area contributed by atoms with Gasteiger partial charge in [-0.25, -0.2) is 10.2 Å². The van der Waals surface area contributed by atoms with Crippen molar-refractivity contribution in [2.45, 2.75) is 34.6 Å². The van der Waals surface area contributed by atoms with Crippen molar-refractivity contribution in [2.24, 2.45) is 40.4 Å². The first kappa shape index (κ1) is 18.0. The maximum Gasteiger partial charge on any atom is 0.338 e. The normalized spacial score (nSPS) is 42.4. The number of carbonyl (C=O) groups excluding carboxylic acids is 3. The fourth-order valence-corrected chi connectivity index (χ4v) is 6.46. The predicted octanol–water partition coefficient (Wildman–Crippen LogP) is 3.27. The van der Waals surface area contributed by atoms with Gasteiger partial charge in [0, 0.05) is 5.69 Å². The van der Waals surface area contributed by atoms with Gasteiger partial charge in [-0.1, -0.05) is 52.8 Å². The van der Waals surface area contributed by atoms with Crippen LogP contribution in [0.25, 0.3) is 0 Å². The summed E-state index contributed by atoms with van der Waals surface area (Å²) in [6.45, 7) is 10.9. The van der Waals surface area contributed by atoms with Gasteiger partial charge in [0.25, 0.3) is 11.8 Å². The molecule has 2 bridgehead atoms. The summed E-state index contributed by atoms with van der Waals surface area (Å²) in [5.74, 6) is -0.322. The molecule has 2 N–H and O–H groups in total. The van der Waals surface area contributed by atoms with Gasteiger partial charge >= 0.3 is 6.03 Å². The molecule has 144 valence electrons. The third-order valence-corrected chi connectivity index (χ3v) is 8.47. The monoisotopic (exact) mass is 369 g/mol. The van der Waals surface area contributed by atoms with Crippen LogP contribution >= 0.6 is 0 Å². The zero-order chi connectivity index (χ0) is 19.7. The van der Waals surface area contributed by atoms with Gasteiger partial charge in [-0.2, -0.15) is 5.01 Å². The molecule has 1 aliphatic heterocycles. The van der Waals surface area contributed by atoms with E-state index in [4.69, 9.17) is 0 Å². The molecule has 3 fully saturated rings. The SMILES string of the molecule is CC1C(C)[C@]2(C)C(C)[C@@]1(C)[C@@H]1C(=O)N(NC(=O)Nc3ccccc3)C(=O)[C@@H]12. The summed E-state index contributed by atoms with van der Waals surface area (Å²) in [7, 11) is 0. The Bertz CT molecular complexity index is 785. The van der Waals surface area contributed by atoms with E-state index in [-0.39, 0.29) is 40.4 Å². The second-order valence-corrected chi connectivity index (χ2v) is 8.93. The van der Waals surface area contributed by atoms with Crippen molar-refractivity contribution < 1.29 is 14.4 Å². The van der Waals surface area contributed by atoms with Gasteiger partial charge in [0.2, 0.25) is 0 Å². The fourth-order valence-electron chi connectivity index (χ4n) is 6.46. The molecular formula is C21H27N3O3. The quantitative estimate of drug-likeness (QED) is 0.786. The van der Waals surface area contributed by atoms with E-state index >= 15 is 0 Å². The molecule has 7 atom stereocenters. The highest BCUT2D eigenvalue weighted by atomic mass is 16.2. The van der Waals surface area contributed by atoms with Gasteiger partial charge in [-0.3, -0.25) is 9.59 Å². The fraction of sp³-hybridized carbons (Fsp3) is 0.571. The van der Waals surface area contributed by atoms with Crippen molar-refractivity contribution in [2.75, 3.05) is 5.32 Å². The Morgan fingerprint density at radius 1 is 0.926 bits per heavy atom. The molecule has 1 heterocycles. The summed E-state index contributed by atoms with van der Waals surface area (Å²) in [6.07, 6.45) is 0. The molecule has 0 spiro atoms. The molecule has 6 nitrogen and oxygen atoms in total. The van der Waals surface area contributed by atoms with Crippen LogP contribution in [0.3, 0.4) is 0 Å². The van der Waals surface area contributed by atoms with Crippen LogP contribution in [-0.4, -0.2) is 22.9 Å². The Balaban J connectivity index is 1.60. The molecule has 6 heteroatoms. The molecule has 2 saturated carbocycles. The summed E-state index contributed by atoms with van der Waals surface area (Å²) in [6, 6.07) is 8.36.